The van der Waals surface area contributed by atoms with Crippen LogP contribution in [0.4, 0.5) is 0 Å². The summed E-state index contributed by atoms with van der Waals surface area (Å²) in [6, 6.07) is 5.42. The molecule has 4 heteroatoms. The summed E-state index contributed by atoms with van der Waals surface area (Å²) in [6.45, 7) is 2.51. The van der Waals surface area contributed by atoms with Gasteiger partial charge in [-0.1, -0.05) is 6.07 Å². The van der Waals surface area contributed by atoms with E-state index in [1.54, 1.807) is 13.2 Å². The van der Waals surface area contributed by atoms with E-state index in [1.165, 1.54) is 0 Å². The summed E-state index contributed by atoms with van der Waals surface area (Å²) in [5.41, 5.74) is 0.913. The van der Waals surface area contributed by atoms with E-state index in [9.17, 15) is 5.11 Å². The van der Waals surface area contributed by atoms with E-state index in [0.717, 1.165) is 38.1 Å². The molecular weight excluding hydrogens is 230 g/mol. The van der Waals surface area contributed by atoms with Crippen molar-refractivity contribution in [2.24, 2.45) is 0 Å². The highest BCUT2D eigenvalue weighted by Gasteiger charge is 2.17. The SMILES string of the molecule is COc1ccc(CN(C)CC2CCCO2)c(O)c1. The van der Waals surface area contributed by atoms with Gasteiger partial charge in [-0.15, -0.1) is 0 Å². The van der Waals surface area contributed by atoms with E-state index in [2.05, 4.69) is 4.90 Å². The van der Waals surface area contributed by atoms with Gasteiger partial charge in [-0.05, 0) is 26.0 Å². The first kappa shape index (κ1) is 13.2. The zero-order valence-electron chi connectivity index (χ0n) is 11.1. The summed E-state index contributed by atoms with van der Waals surface area (Å²) in [6.07, 6.45) is 2.64. The number of benzene rings is 1. The van der Waals surface area contributed by atoms with Gasteiger partial charge in [0.05, 0.1) is 13.2 Å². The number of likely N-dealkylation sites (N-methyl/N-ethyl adjacent to an activating group) is 1. The molecule has 1 heterocycles. The zero-order chi connectivity index (χ0) is 13.0. The summed E-state index contributed by atoms with van der Waals surface area (Å²) in [7, 11) is 3.64. The van der Waals surface area contributed by atoms with Gasteiger partial charge in [-0.3, -0.25) is 4.90 Å². The van der Waals surface area contributed by atoms with Crippen LogP contribution in [0.15, 0.2) is 18.2 Å². The summed E-state index contributed by atoms with van der Waals surface area (Å²) in [4.78, 5) is 2.18. The molecule has 0 aromatic heterocycles. The minimum atomic E-state index is 0.286. The molecule has 1 saturated heterocycles. The molecule has 4 nitrogen and oxygen atoms in total. The predicted octanol–water partition coefficient (Wildman–Crippen LogP) is 2.01. The van der Waals surface area contributed by atoms with Crippen molar-refractivity contribution in [3.63, 3.8) is 0 Å². The van der Waals surface area contributed by atoms with E-state index >= 15 is 0 Å². The van der Waals surface area contributed by atoms with Gasteiger partial charge in [-0.25, -0.2) is 0 Å². The summed E-state index contributed by atoms with van der Waals surface area (Å²) in [5, 5.41) is 9.89. The van der Waals surface area contributed by atoms with Crippen LogP contribution in [-0.2, 0) is 11.3 Å². The standard InChI is InChI=1S/C14H21NO3/c1-15(10-13-4-3-7-18-13)9-11-5-6-12(17-2)8-14(11)16/h5-6,8,13,16H,3-4,7,9-10H2,1-2H3. The lowest BCUT2D eigenvalue weighted by Crippen LogP contribution is -2.28. The number of hydrogen-bond donors (Lipinski definition) is 1. The quantitative estimate of drug-likeness (QED) is 0.869. The van der Waals surface area contributed by atoms with E-state index in [4.69, 9.17) is 9.47 Å². The molecule has 18 heavy (non-hydrogen) atoms. The number of methoxy groups -OCH3 is 1. The van der Waals surface area contributed by atoms with Crippen molar-refractivity contribution in [2.45, 2.75) is 25.5 Å². The van der Waals surface area contributed by atoms with Crippen molar-refractivity contribution in [2.75, 3.05) is 27.3 Å². The Hall–Kier alpha value is -1.26. The van der Waals surface area contributed by atoms with Crippen LogP contribution >= 0.6 is 0 Å². The van der Waals surface area contributed by atoms with Gasteiger partial charge in [-0.2, -0.15) is 0 Å². The van der Waals surface area contributed by atoms with Crippen molar-refractivity contribution in [1.29, 1.82) is 0 Å². The van der Waals surface area contributed by atoms with Gasteiger partial charge in [0.15, 0.2) is 0 Å². The smallest absolute Gasteiger partial charge is 0.123 e. The zero-order valence-corrected chi connectivity index (χ0v) is 11.1. The third-order valence-corrected chi connectivity index (χ3v) is 3.27. The average molecular weight is 251 g/mol. The molecule has 1 aromatic carbocycles. The molecule has 100 valence electrons. The third-order valence-electron chi connectivity index (χ3n) is 3.27. The molecule has 0 aliphatic carbocycles. The van der Waals surface area contributed by atoms with Crippen molar-refractivity contribution in [1.82, 2.24) is 4.90 Å². The second-order valence-electron chi connectivity index (χ2n) is 4.83. The maximum Gasteiger partial charge on any atom is 0.123 e. The van der Waals surface area contributed by atoms with Crippen LogP contribution in [-0.4, -0.2) is 43.4 Å². The Labute approximate surface area is 108 Å². The normalized spacial score (nSPS) is 19.4. The van der Waals surface area contributed by atoms with Crippen LogP contribution in [0.2, 0.25) is 0 Å². The fraction of sp³-hybridized carbons (Fsp3) is 0.571. The molecule has 1 N–H and O–H groups in total. The molecule has 1 unspecified atom stereocenters. The second-order valence-corrected chi connectivity index (χ2v) is 4.83. The van der Waals surface area contributed by atoms with Crippen molar-refractivity contribution in [3.05, 3.63) is 23.8 Å². The van der Waals surface area contributed by atoms with E-state index in [1.807, 2.05) is 19.2 Å². The molecule has 0 radical (unpaired) electrons. The molecule has 2 rings (SSSR count). The van der Waals surface area contributed by atoms with E-state index in [0.29, 0.717) is 11.9 Å². The largest absolute Gasteiger partial charge is 0.507 e. The number of rotatable bonds is 5. The van der Waals surface area contributed by atoms with Crippen LogP contribution < -0.4 is 4.74 Å². The number of ether oxygens (including phenoxy) is 2. The Morgan fingerprint density at radius 1 is 1.50 bits per heavy atom. The lowest BCUT2D eigenvalue weighted by Gasteiger charge is -2.21. The van der Waals surface area contributed by atoms with E-state index < -0.39 is 0 Å². The molecule has 1 atom stereocenters. The highest BCUT2D eigenvalue weighted by atomic mass is 16.5. The van der Waals surface area contributed by atoms with Gasteiger partial charge >= 0.3 is 0 Å². The molecule has 1 aliphatic rings. The van der Waals surface area contributed by atoms with Crippen LogP contribution in [0.25, 0.3) is 0 Å². The first-order valence-electron chi connectivity index (χ1n) is 6.35. The van der Waals surface area contributed by atoms with E-state index in [-0.39, 0.29) is 5.75 Å². The maximum atomic E-state index is 9.89. The topological polar surface area (TPSA) is 41.9 Å². The van der Waals surface area contributed by atoms with Crippen LogP contribution in [0.1, 0.15) is 18.4 Å². The van der Waals surface area contributed by atoms with Gasteiger partial charge in [0.2, 0.25) is 0 Å². The molecule has 1 aliphatic heterocycles. The predicted molar refractivity (Wildman–Crippen MR) is 70.0 cm³/mol. The molecule has 0 spiro atoms. The second kappa shape index (κ2) is 6.07. The van der Waals surface area contributed by atoms with Crippen molar-refractivity contribution >= 4 is 0 Å². The number of nitrogens with zero attached hydrogens (tertiary/aromatic N) is 1. The number of phenols is 1. The molecule has 0 saturated carbocycles. The number of hydrogen-bond acceptors (Lipinski definition) is 4. The molecule has 1 aromatic rings. The third kappa shape index (κ3) is 3.37. The molecular formula is C14H21NO3. The number of aromatic hydroxyl groups is 1. The van der Waals surface area contributed by atoms with Crippen LogP contribution in [0.3, 0.4) is 0 Å². The molecule has 0 amide bonds. The van der Waals surface area contributed by atoms with Gasteiger partial charge in [0, 0.05) is 31.3 Å². The maximum absolute atomic E-state index is 9.89. The molecule has 0 bridgehead atoms. The van der Waals surface area contributed by atoms with Crippen LogP contribution in [0, 0.1) is 0 Å². The number of phenolic OH excluding ortho intramolecular Hbond substituents is 1. The van der Waals surface area contributed by atoms with Gasteiger partial charge in [0.1, 0.15) is 11.5 Å². The van der Waals surface area contributed by atoms with Gasteiger partial charge < -0.3 is 14.6 Å². The first-order valence-corrected chi connectivity index (χ1v) is 6.35. The molecule has 1 fully saturated rings. The highest BCUT2D eigenvalue weighted by Crippen LogP contribution is 2.24. The van der Waals surface area contributed by atoms with Crippen molar-refractivity contribution in [3.8, 4) is 11.5 Å². The fourth-order valence-electron chi connectivity index (χ4n) is 2.30. The lowest BCUT2D eigenvalue weighted by atomic mass is 10.1. The van der Waals surface area contributed by atoms with Crippen LogP contribution in [0.5, 0.6) is 11.5 Å². The highest BCUT2D eigenvalue weighted by molar-refractivity contribution is 5.39. The Morgan fingerprint density at radius 3 is 2.94 bits per heavy atom. The summed E-state index contributed by atoms with van der Waals surface area (Å²) >= 11 is 0. The Balaban J connectivity index is 1.91. The van der Waals surface area contributed by atoms with Crippen molar-refractivity contribution < 1.29 is 14.6 Å². The Morgan fingerprint density at radius 2 is 2.33 bits per heavy atom. The average Bonchev–Trinajstić information content (AvgIpc) is 2.84. The summed E-state index contributed by atoms with van der Waals surface area (Å²) in [5.74, 6) is 0.964. The summed E-state index contributed by atoms with van der Waals surface area (Å²) < 4.78 is 10.7. The minimum Gasteiger partial charge on any atom is -0.507 e. The first-order chi connectivity index (χ1) is 8.69. The lowest BCUT2D eigenvalue weighted by molar-refractivity contribution is 0.0791. The minimum absolute atomic E-state index is 0.286. The van der Waals surface area contributed by atoms with Gasteiger partial charge in [0.25, 0.3) is 0 Å². The fourth-order valence-corrected chi connectivity index (χ4v) is 2.30. The Bertz CT molecular complexity index is 389. The monoisotopic (exact) mass is 251 g/mol. The Kier molecular flexibility index (Phi) is 4.44.